The topological polar surface area (TPSA) is 118 Å². The minimum atomic E-state index is -5.52. The van der Waals surface area contributed by atoms with Gasteiger partial charge in [0.2, 0.25) is 5.82 Å². The van der Waals surface area contributed by atoms with Gasteiger partial charge in [0.25, 0.3) is 11.8 Å². The van der Waals surface area contributed by atoms with Crippen LogP contribution in [0.25, 0.3) is 10.8 Å². The number of nitrogens with one attached hydrogen (secondary N) is 1. The van der Waals surface area contributed by atoms with Crippen LogP contribution in [0, 0.1) is 29.1 Å². The first-order valence-electron chi connectivity index (χ1n) is 10.8. The van der Waals surface area contributed by atoms with Gasteiger partial charge in [0.1, 0.15) is 0 Å². The summed E-state index contributed by atoms with van der Waals surface area (Å²) < 4.78 is 91.3. The Bertz CT molecular complexity index is 1740. The summed E-state index contributed by atoms with van der Waals surface area (Å²) in [6, 6.07) is 18.0. The molecule has 0 bridgehead atoms. The molecule has 0 radical (unpaired) electrons. The maximum absolute atomic E-state index is 12.7. The summed E-state index contributed by atoms with van der Waals surface area (Å²) in [5.41, 5.74) is 2.31. The number of imide groups is 1. The Morgan fingerprint density at radius 2 is 1.26 bits per heavy atom. The highest BCUT2D eigenvalue weighted by molar-refractivity contribution is 7.85. The van der Waals surface area contributed by atoms with E-state index < -0.39 is 55.9 Å². The quantitative estimate of drug-likeness (QED) is 0.0922. The van der Waals surface area contributed by atoms with Crippen molar-refractivity contribution < 1.29 is 49.3 Å². The summed E-state index contributed by atoms with van der Waals surface area (Å²) >= 11 is 0. The third-order valence-corrected chi connectivity index (χ3v) is 6.57. The van der Waals surface area contributed by atoms with Gasteiger partial charge in [0, 0.05) is 28.5 Å². The number of Topliss-reactive ketones (excluding diaryl/α,β-unsaturated/α-hetero) is 1. The average Bonchev–Trinajstić information content (AvgIpc) is 2.89. The van der Waals surface area contributed by atoms with E-state index in [-0.39, 0.29) is 12.2 Å². The molecular weight excluding hydrogens is 549 g/mol. The monoisotopic (exact) mass is 563 g/mol. The van der Waals surface area contributed by atoms with E-state index in [0.717, 1.165) is 5.56 Å². The highest BCUT2D eigenvalue weighted by Crippen LogP contribution is 2.30. The largest absolute Gasteiger partial charge is 0.300 e. The number of carbonyl (C=O) groups excluding carboxylic acids is 3. The first-order chi connectivity index (χ1) is 18.3. The van der Waals surface area contributed by atoms with Crippen LogP contribution in [0.5, 0.6) is 0 Å². The minimum Gasteiger partial charge on any atom is -0.294 e. The Kier molecular flexibility index (Phi) is 7.31. The van der Waals surface area contributed by atoms with E-state index in [1.807, 2.05) is 30.3 Å². The molecule has 0 atom stereocenters. The summed E-state index contributed by atoms with van der Waals surface area (Å²) in [7, 11) is -5.52. The summed E-state index contributed by atoms with van der Waals surface area (Å²) in [6.45, 7) is 0. The Morgan fingerprint density at radius 1 is 0.718 bits per heavy atom. The summed E-state index contributed by atoms with van der Waals surface area (Å²) in [4.78, 5) is 34.5. The standard InChI is InChI=1S/C20H13NO3.C6HF5O3S/c22-17(11-12-5-2-1-3-6-12)13-9-10-16-18-14(13)7-4-8-15(18)19(23)21-20(16)24;7-1-2(8)4(10)6(15(12,13)14)5(11)3(1)9/h1-10H,11H2,(H,21,23,24);(H,12,13,14). The van der Waals surface area contributed by atoms with E-state index in [2.05, 4.69) is 5.32 Å². The number of rotatable bonds is 4. The SMILES string of the molecule is O=C(Cc1ccccc1)c1ccc2c3c(cccc13)C(=O)NC2=O.O=S(=O)(O)c1c(F)c(F)c(F)c(F)c1F. The molecule has 7 nitrogen and oxygen atoms in total. The van der Waals surface area contributed by atoms with Crippen LogP contribution in [0.4, 0.5) is 22.0 Å². The van der Waals surface area contributed by atoms with Gasteiger partial charge in [0.15, 0.2) is 33.9 Å². The van der Waals surface area contributed by atoms with E-state index >= 15 is 0 Å². The molecular formula is C26H14F5NO6S. The van der Waals surface area contributed by atoms with Crippen LogP contribution in [0.3, 0.4) is 0 Å². The Morgan fingerprint density at radius 3 is 1.82 bits per heavy atom. The predicted molar refractivity (Wildman–Crippen MR) is 126 cm³/mol. The number of ketones is 1. The van der Waals surface area contributed by atoms with E-state index in [9.17, 15) is 44.8 Å². The van der Waals surface area contributed by atoms with E-state index in [0.29, 0.717) is 27.5 Å². The normalized spacial score (nSPS) is 12.6. The molecule has 39 heavy (non-hydrogen) atoms. The van der Waals surface area contributed by atoms with Crippen molar-refractivity contribution in [1.29, 1.82) is 0 Å². The van der Waals surface area contributed by atoms with Crippen LogP contribution < -0.4 is 5.32 Å². The molecule has 0 saturated carbocycles. The van der Waals surface area contributed by atoms with Gasteiger partial charge in [-0.05, 0) is 29.1 Å². The number of carbonyl (C=O) groups is 3. The molecule has 1 aliphatic rings. The highest BCUT2D eigenvalue weighted by Gasteiger charge is 2.32. The summed E-state index contributed by atoms with van der Waals surface area (Å²) in [5.74, 6) is -13.5. The average molecular weight is 563 g/mol. The zero-order valence-electron chi connectivity index (χ0n) is 19.3. The lowest BCUT2D eigenvalue weighted by Crippen LogP contribution is -2.34. The Hall–Kier alpha value is -4.49. The van der Waals surface area contributed by atoms with Crippen LogP contribution in [-0.2, 0) is 16.5 Å². The maximum atomic E-state index is 12.7. The van der Waals surface area contributed by atoms with Crippen LogP contribution in [0.2, 0.25) is 0 Å². The van der Waals surface area contributed by atoms with Gasteiger partial charge < -0.3 is 0 Å². The van der Waals surface area contributed by atoms with Gasteiger partial charge >= 0.3 is 10.1 Å². The zero-order valence-corrected chi connectivity index (χ0v) is 20.1. The highest BCUT2D eigenvalue weighted by atomic mass is 32.2. The van der Waals surface area contributed by atoms with Crippen molar-refractivity contribution >= 4 is 38.5 Å². The predicted octanol–water partition coefficient (Wildman–Crippen LogP) is 4.78. The minimum absolute atomic E-state index is 0.0386. The van der Waals surface area contributed by atoms with Gasteiger partial charge in [-0.3, -0.25) is 24.3 Å². The molecule has 13 heteroatoms. The molecule has 4 aromatic carbocycles. The molecule has 4 aromatic rings. The number of benzene rings is 4. The van der Waals surface area contributed by atoms with E-state index in [1.54, 1.807) is 30.3 Å². The number of amides is 2. The molecule has 1 aliphatic heterocycles. The third kappa shape index (κ3) is 5.13. The van der Waals surface area contributed by atoms with Crippen molar-refractivity contribution in [3.63, 3.8) is 0 Å². The molecule has 2 amide bonds. The fraction of sp³-hybridized carbons (Fsp3) is 0.0385. The molecule has 5 rings (SSSR count). The molecule has 0 unspecified atom stereocenters. The van der Waals surface area contributed by atoms with Crippen molar-refractivity contribution in [2.24, 2.45) is 0 Å². The van der Waals surface area contributed by atoms with Crippen molar-refractivity contribution in [2.45, 2.75) is 11.3 Å². The molecule has 0 saturated heterocycles. The van der Waals surface area contributed by atoms with Crippen LogP contribution in [0.1, 0.15) is 36.6 Å². The number of halogens is 5. The third-order valence-electron chi connectivity index (χ3n) is 5.69. The van der Waals surface area contributed by atoms with E-state index in [1.165, 1.54) is 0 Å². The molecule has 0 aliphatic carbocycles. The Balaban J connectivity index is 0.000000204. The summed E-state index contributed by atoms with van der Waals surface area (Å²) in [5, 5.41) is 3.53. The number of hydrogen-bond donors (Lipinski definition) is 2. The van der Waals surface area contributed by atoms with Gasteiger partial charge in [-0.2, -0.15) is 8.42 Å². The van der Waals surface area contributed by atoms with Crippen molar-refractivity contribution in [3.05, 3.63) is 112 Å². The first kappa shape index (κ1) is 27.5. The second-order valence-corrected chi connectivity index (χ2v) is 9.49. The molecule has 0 fully saturated rings. The lowest BCUT2D eigenvalue weighted by atomic mass is 9.90. The van der Waals surface area contributed by atoms with Gasteiger partial charge in [-0.1, -0.05) is 42.5 Å². The van der Waals surface area contributed by atoms with E-state index in [4.69, 9.17) is 4.55 Å². The second-order valence-electron chi connectivity index (χ2n) is 8.13. The van der Waals surface area contributed by atoms with Crippen LogP contribution in [0.15, 0.2) is 65.6 Å². The van der Waals surface area contributed by atoms with Crippen LogP contribution >= 0.6 is 0 Å². The van der Waals surface area contributed by atoms with Crippen molar-refractivity contribution in [2.75, 3.05) is 0 Å². The molecule has 1 heterocycles. The second kappa shape index (κ2) is 10.3. The lowest BCUT2D eigenvalue weighted by molar-refractivity contribution is 0.0843. The fourth-order valence-corrected chi connectivity index (χ4v) is 4.59. The molecule has 2 N–H and O–H groups in total. The lowest BCUT2D eigenvalue weighted by Gasteiger charge is -2.18. The fourth-order valence-electron chi connectivity index (χ4n) is 3.95. The first-order valence-corrected chi connectivity index (χ1v) is 12.2. The van der Waals surface area contributed by atoms with Crippen molar-refractivity contribution in [1.82, 2.24) is 5.32 Å². The number of hydrogen-bond acceptors (Lipinski definition) is 5. The molecule has 0 aromatic heterocycles. The molecule has 200 valence electrons. The smallest absolute Gasteiger partial charge is 0.294 e. The van der Waals surface area contributed by atoms with Gasteiger partial charge in [0.05, 0.1) is 0 Å². The van der Waals surface area contributed by atoms with Gasteiger partial charge in [-0.25, -0.2) is 22.0 Å². The van der Waals surface area contributed by atoms with Crippen molar-refractivity contribution in [3.8, 4) is 0 Å². The van der Waals surface area contributed by atoms with Gasteiger partial charge in [-0.15, -0.1) is 0 Å². The zero-order chi connectivity index (χ0) is 28.6. The Labute approximate surface area is 216 Å². The van der Waals surface area contributed by atoms with Crippen LogP contribution in [-0.4, -0.2) is 30.6 Å². The molecule has 0 spiro atoms. The maximum Gasteiger partial charge on any atom is 0.300 e. The summed E-state index contributed by atoms with van der Waals surface area (Å²) in [6.07, 6.45) is 0.277.